The van der Waals surface area contributed by atoms with Gasteiger partial charge in [0.15, 0.2) is 11.4 Å². The zero-order valence-corrected chi connectivity index (χ0v) is 36.1. The van der Waals surface area contributed by atoms with Crippen LogP contribution in [0, 0.1) is 0 Å². The summed E-state index contributed by atoms with van der Waals surface area (Å²) in [5.41, 5.74) is 3.48. The number of imidazole rings is 2. The molecule has 4 heterocycles. The molecule has 17 heteroatoms. The molecule has 2 aliphatic rings. The molecule has 338 valence electrons. The van der Waals surface area contributed by atoms with Gasteiger partial charge in [-0.2, -0.15) is 0 Å². The number of aromatic amines is 2. The summed E-state index contributed by atoms with van der Waals surface area (Å²) in [5, 5.41) is 37.9. The summed E-state index contributed by atoms with van der Waals surface area (Å²) in [7, 11) is 1.52. The van der Waals surface area contributed by atoms with E-state index in [9.17, 15) is 29.4 Å². The summed E-state index contributed by atoms with van der Waals surface area (Å²) in [6, 6.07) is 43.0. The smallest absolute Gasteiger partial charge is 0.414 e. The van der Waals surface area contributed by atoms with Crippen molar-refractivity contribution in [3.8, 4) is 0 Å². The summed E-state index contributed by atoms with van der Waals surface area (Å²) < 4.78 is 9.87. The second kappa shape index (κ2) is 17.9. The third kappa shape index (κ3) is 8.07. The first-order chi connectivity index (χ1) is 32.4. The topological polar surface area (TPSA) is 235 Å². The summed E-state index contributed by atoms with van der Waals surface area (Å²) >= 11 is 0. The number of hydrogen-bond acceptors (Lipinski definition) is 10. The highest BCUT2D eigenvalue weighted by molar-refractivity contribution is 6.01. The van der Waals surface area contributed by atoms with Crippen molar-refractivity contribution < 1.29 is 44.0 Å². The van der Waals surface area contributed by atoms with E-state index in [-0.39, 0.29) is 43.5 Å². The number of carboxylic acid groups (broad SMARTS) is 1. The number of rotatable bonds is 11. The van der Waals surface area contributed by atoms with E-state index in [4.69, 9.17) is 14.6 Å². The predicted octanol–water partition coefficient (Wildman–Crippen LogP) is 7.67. The average molecular weight is 901 g/mol. The number of ether oxygens (including phenoxy) is 2. The molecule has 2 aromatic heterocycles. The Morgan fingerprint density at radius 3 is 1.79 bits per heavy atom. The normalized spacial score (nSPS) is 17.7. The Hall–Kier alpha value is -8.38. The second-order valence-corrected chi connectivity index (χ2v) is 15.9. The van der Waals surface area contributed by atoms with Crippen LogP contribution in [0.2, 0.25) is 0 Å². The maximum absolute atomic E-state index is 13.5. The molecule has 0 spiro atoms. The highest BCUT2D eigenvalue weighted by atomic mass is 16.6. The standard InChI is InChI=1S/C26H24N4O5.C24H20N4O4/c1-34-13-14-35-25(32)29-24-27-21-12-11-18(15-22(21)28-24)26(33)20-10-6-5-9-19(20)23(31)30(26)16-17-7-3-2-4-8-17;1-14(15-7-3-2-4-8-15)28-21(29)17-9-5-6-10-18(17)24(28,32)16-11-12-19-20(13-16)26-22(25-19)27-23(30)31/h2-12,15,33H,13-14,16H2,1H3,(H2,27,28,29,32);2-14,32H,1H3,(H,30,31)(H2,25,26,27)/t;14-,24?/m.0/s1. The first-order valence-electron chi connectivity index (χ1n) is 21.2. The number of benzene rings is 6. The monoisotopic (exact) mass is 900 g/mol. The lowest BCUT2D eigenvalue weighted by atomic mass is 9.92. The van der Waals surface area contributed by atoms with E-state index in [0.717, 1.165) is 11.1 Å². The fourth-order valence-corrected chi connectivity index (χ4v) is 8.71. The number of hydrogen-bond donors (Lipinski definition) is 7. The van der Waals surface area contributed by atoms with E-state index in [1.54, 1.807) is 84.9 Å². The van der Waals surface area contributed by atoms with Crippen LogP contribution in [0.5, 0.6) is 0 Å². The zero-order chi connectivity index (χ0) is 46.9. The van der Waals surface area contributed by atoms with Crippen molar-refractivity contribution in [2.75, 3.05) is 31.0 Å². The number of amides is 4. The highest BCUT2D eigenvalue weighted by Crippen LogP contribution is 2.47. The van der Waals surface area contributed by atoms with Gasteiger partial charge in [0.25, 0.3) is 11.8 Å². The number of aliphatic hydroxyl groups is 2. The Kier molecular flexibility index (Phi) is 11.7. The van der Waals surface area contributed by atoms with Crippen LogP contribution in [0.4, 0.5) is 21.5 Å². The maximum atomic E-state index is 13.5. The van der Waals surface area contributed by atoms with Crippen molar-refractivity contribution in [3.05, 3.63) is 190 Å². The fraction of sp³-hybridized carbons (Fsp3) is 0.160. The van der Waals surface area contributed by atoms with Crippen molar-refractivity contribution in [2.45, 2.75) is 31.0 Å². The molecule has 0 saturated heterocycles. The SMILES string of the molecule is COCCOC(=O)Nc1nc2ccc(C3(O)c4ccccc4C(=O)N3Cc3ccccc3)cc2[nH]1.C[C@@H](c1ccccc1)N1C(=O)c2ccccc2C1(O)c1ccc2nc(NC(=O)O)[nH]c2c1. The molecule has 6 aromatic carbocycles. The van der Waals surface area contributed by atoms with Gasteiger partial charge in [-0.15, -0.1) is 0 Å². The third-order valence-corrected chi connectivity index (χ3v) is 11.9. The van der Waals surface area contributed by atoms with Crippen LogP contribution in [0.3, 0.4) is 0 Å². The summed E-state index contributed by atoms with van der Waals surface area (Å²) in [6.45, 7) is 2.51. The molecule has 0 bridgehead atoms. The van der Waals surface area contributed by atoms with Gasteiger partial charge in [-0.3, -0.25) is 30.0 Å². The van der Waals surface area contributed by atoms with Crippen LogP contribution in [-0.4, -0.2) is 89.4 Å². The van der Waals surface area contributed by atoms with Gasteiger partial charge in [0, 0.05) is 47.0 Å². The van der Waals surface area contributed by atoms with Crippen LogP contribution < -0.4 is 10.6 Å². The number of H-pyrrole nitrogens is 2. The lowest BCUT2D eigenvalue weighted by molar-refractivity contribution is -0.0677. The van der Waals surface area contributed by atoms with Crippen LogP contribution in [0.1, 0.15) is 67.1 Å². The Bertz CT molecular complexity index is 3160. The molecule has 0 fully saturated rings. The lowest BCUT2D eigenvalue weighted by Crippen LogP contribution is -2.46. The second-order valence-electron chi connectivity index (χ2n) is 15.9. The number of carbonyl (C=O) groups is 4. The largest absolute Gasteiger partial charge is 0.465 e. The Labute approximate surface area is 382 Å². The molecule has 67 heavy (non-hydrogen) atoms. The number of methoxy groups -OCH3 is 1. The predicted molar refractivity (Wildman–Crippen MR) is 247 cm³/mol. The molecule has 0 aliphatic carbocycles. The van der Waals surface area contributed by atoms with E-state index in [1.165, 1.54) is 16.9 Å². The van der Waals surface area contributed by atoms with Crippen LogP contribution in [0.25, 0.3) is 22.1 Å². The van der Waals surface area contributed by atoms with E-state index in [2.05, 4.69) is 30.6 Å². The zero-order valence-electron chi connectivity index (χ0n) is 36.1. The highest BCUT2D eigenvalue weighted by Gasteiger charge is 2.52. The summed E-state index contributed by atoms with van der Waals surface area (Å²) in [6.07, 6.45) is -1.90. The third-order valence-electron chi connectivity index (χ3n) is 11.9. The molecule has 7 N–H and O–H groups in total. The minimum atomic E-state index is -1.72. The average Bonchev–Trinajstić information content (AvgIpc) is 4.06. The van der Waals surface area contributed by atoms with Gasteiger partial charge >= 0.3 is 12.2 Å². The number of nitrogens with one attached hydrogen (secondary N) is 4. The molecule has 8 aromatic rings. The molecular formula is C50H44N8O9. The van der Waals surface area contributed by atoms with Gasteiger partial charge < -0.3 is 34.8 Å². The number of anilines is 2. The first-order valence-corrected chi connectivity index (χ1v) is 21.2. The van der Waals surface area contributed by atoms with Crippen LogP contribution >= 0.6 is 0 Å². The number of aromatic nitrogens is 4. The van der Waals surface area contributed by atoms with Crippen LogP contribution in [0.15, 0.2) is 146 Å². The fourth-order valence-electron chi connectivity index (χ4n) is 8.71. The van der Waals surface area contributed by atoms with Crippen LogP contribution in [-0.2, 0) is 27.5 Å². The van der Waals surface area contributed by atoms with Gasteiger partial charge in [-0.05, 0) is 54.4 Å². The minimum absolute atomic E-state index is 0.0778. The van der Waals surface area contributed by atoms with Gasteiger partial charge in [-0.25, -0.2) is 19.6 Å². The lowest BCUT2D eigenvalue weighted by Gasteiger charge is -2.39. The van der Waals surface area contributed by atoms with Crippen molar-refractivity contribution in [3.63, 3.8) is 0 Å². The summed E-state index contributed by atoms with van der Waals surface area (Å²) in [5.74, 6) is -0.236. The van der Waals surface area contributed by atoms with Crippen molar-refractivity contribution in [1.82, 2.24) is 29.7 Å². The van der Waals surface area contributed by atoms with Gasteiger partial charge in [0.1, 0.15) is 6.61 Å². The molecule has 17 nitrogen and oxygen atoms in total. The van der Waals surface area contributed by atoms with E-state index in [0.29, 0.717) is 55.4 Å². The Morgan fingerprint density at radius 1 is 0.672 bits per heavy atom. The molecule has 10 rings (SSSR count). The first kappa shape index (κ1) is 43.9. The van der Waals surface area contributed by atoms with Gasteiger partial charge in [-0.1, -0.05) is 109 Å². The quantitative estimate of drug-likeness (QED) is 0.0622. The molecule has 0 radical (unpaired) electrons. The van der Waals surface area contributed by atoms with E-state index < -0.39 is 29.7 Å². The van der Waals surface area contributed by atoms with Gasteiger partial charge in [0.2, 0.25) is 11.9 Å². The Balaban J connectivity index is 0.000000169. The Morgan fingerprint density at radius 2 is 1.19 bits per heavy atom. The molecule has 2 unspecified atom stereocenters. The molecule has 2 aliphatic heterocycles. The van der Waals surface area contributed by atoms with Crippen molar-refractivity contribution in [2.24, 2.45) is 0 Å². The maximum Gasteiger partial charge on any atom is 0.414 e. The van der Waals surface area contributed by atoms with E-state index in [1.807, 2.05) is 67.6 Å². The van der Waals surface area contributed by atoms with Crippen molar-refractivity contribution in [1.29, 1.82) is 0 Å². The number of carbonyl (C=O) groups excluding carboxylic acids is 3. The molecule has 3 atom stereocenters. The number of fused-ring (bicyclic) bond motifs is 4. The number of nitrogens with zero attached hydrogens (tertiary/aromatic N) is 4. The van der Waals surface area contributed by atoms with Crippen molar-refractivity contribution >= 4 is 58.0 Å². The molecule has 0 saturated carbocycles. The minimum Gasteiger partial charge on any atom is -0.465 e. The summed E-state index contributed by atoms with van der Waals surface area (Å²) in [4.78, 5) is 67.2. The molecule has 4 amide bonds. The van der Waals surface area contributed by atoms with E-state index >= 15 is 0 Å². The van der Waals surface area contributed by atoms with Gasteiger partial charge in [0.05, 0.1) is 34.7 Å². The molecular weight excluding hydrogens is 857 g/mol.